The first-order valence-corrected chi connectivity index (χ1v) is 13.2. The molecule has 2 aromatic carbocycles. The van der Waals surface area contributed by atoms with E-state index in [1.165, 1.54) is 5.56 Å². The van der Waals surface area contributed by atoms with Crippen LogP contribution in [0.25, 0.3) is 20.5 Å². The van der Waals surface area contributed by atoms with E-state index in [1.54, 1.807) is 40.3 Å². The van der Waals surface area contributed by atoms with Gasteiger partial charge in [0, 0.05) is 23.1 Å². The Balaban J connectivity index is 1.36. The molecule has 35 heavy (non-hydrogen) atoms. The van der Waals surface area contributed by atoms with Crippen molar-refractivity contribution in [1.29, 1.82) is 0 Å². The number of thiazole rings is 2. The van der Waals surface area contributed by atoms with Crippen LogP contribution in [0.3, 0.4) is 0 Å². The van der Waals surface area contributed by atoms with Crippen molar-refractivity contribution in [2.75, 3.05) is 0 Å². The van der Waals surface area contributed by atoms with E-state index in [4.69, 9.17) is 10.2 Å². The number of aryl methyl sites for hydroxylation is 1. The number of aromatic nitrogens is 2. The third kappa shape index (κ3) is 5.10. The second kappa shape index (κ2) is 9.81. The summed E-state index contributed by atoms with van der Waals surface area (Å²) in [7, 11) is 0. The summed E-state index contributed by atoms with van der Waals surface area (Å²) < 4.78 is 0. The van der Waals surface area contributed by atoms with Crippen molar-refractivity contribution in [3.8, 4) is 20.5 Å². The molecule has 1 amide bonds. The molecule has 0 spiro atoms. The first-order valence-electron chi connectivity index (χ1n) is 11.5. The van der Waals surface area contributed by atoms with Gasteiger partial charge in [0.15, 0.2) is 15.8 Å². The Hall–Kier alpha value is -3.20. The van der Waals surface area contributed by atoms with Crippen molar-refractivity contribution in [2.24, 2.45) is 0 Å². The molecule has 0 aliphatic heterocycles. The molecule has 178 valence electrons. The summed E-state index contributed by atoms with van der Waals surface area (Å²) in [4.78, 5) is 36.5. The number of hydroxylamine groups is 1. The number of Topliss-reactive ketones (excluding diaryl/α,β-unsaturated/α-hetero) is 1. The van der Waals surface area contributed by atoms with Gasteiger partial charge in [-0.3, -0.25) is 14.8 Å². The molecule has 6 nitrogen and oxygen atoms in total. The van der Waals surface area contributed by atoms with Crippen LogP contribution in [0, 0.1) is 6.92 Å². The van der Waals surface area contributed by atoms with Gasteiger partial charge in [0.2, 0.25) is 0 Å². The summed E-state index contributed by atoms with van der Waals surface area (Å²) in [6.45, 7) is 4.07. The largest absolute Gasteiger partial charge is 0.292 e. The fraction of sp³-hybridized carbons (Fsp3) is 0.259. The predicted molar refractivity (Wildman–Crippen MR) is 138 cm³/mol. The molecule has 0 radical (unpaired) electrons. The number of amides is 1. The molecule has 4 aromatic rings. The first-order chi connectivity index (χ1) is 16.9. The third-order valence-electron chi connectivity index (χ3n) is 6.23. The van der Waals surface area contributed by atoms with Crippen LogP contribution in [0.2, 0.25) is 0 Å². The molecule has 0 unspecified atom stereocenters. The second-order valence-corrected chi connectivity index (χ2v) is 11.1. The summed E-state index contributed by atoms with van der Waals surface area (Å²) in [5, 5.41) is 10.4. The highest BCUT2D eigenvalue weighted by atomic mass is 32.1. The zero-order valence-corrected chi connectivity index (χ0v) is 21.1. The van der Waals surface area contributed by atoms with E-state index in [1.807, 2.05) is 25.3 Å². The van der Waals surface area contributed by atoms with Gasteiger partial charge in [-0.25, -0.2) is 15.4 Å². The molecule has 5 rings (SSSR count). The Morgan fingerprint density at radius 2 is 1.77 bits per heavy atom. The monoisotopic (exact) mass is 503 g/mol. The van der Waals surface area contributed by atoms with E-state index in [0.29, 0.717) is 23.6 Å². The van der Waals surface area contributed by atoms with Crippen LogP contribution in [0.1, 0.15) is 74.9 Å². The van der Waals surface area contributed by atoms with Gasteiger partial charge in [-0.1, -0.05) is 48.9 Å². The molecule has 2 N–H and O–H groups in total. The van der Waals surface area contributed by atoms with Gasteiger partial charge in [0.05, 0.1) is 4.88 Å². The molecule has 1 saturated carbocycles. The molecule has 0 saturated heterocycles. The fourth-order valence-corrected chi connectivity index (χ4v) is 6.19. The maximum atomic E-state index is 13.3. The SMILES string of the molecule is Cc1ccc(-c2cnc(-c3nc(C(=O)C[C@@H](C)c4ccc(C(=O)NO)cc4)c(C4CC4)s3)s2)cc1. The number of nitrogens with one attached hydrogen (secondary N) is 1. The van der Waals surface area contributed by atoms with E-state index in [0.717, 1.165) is 43.7 Å². The van der Waals surface area contributed by atoms with Crippen molar-refractivity contribution < 1.29 is 14.8 Å². The van der Waals surface area contributed by atoms with Crippen LogP contribution in [-0.2, 0) is 0 Å². The van der Waals surface area contributed by atoms with Crippen LogP contribution in [0.4, 0.5) is 0 Å². The molecular weight excluding hydrogens is 478 g/mol. The fourth-order valence-electron chi connectivity index (χ4n) is 3.99. The standard InChI is InChI=1S/C27H25N3O3S2/c1-15-3-5-18(6-4-15)22-14-28-26(34-22)27-29-23(24(35-27)19-9-10-19)21(31)13-16(2)17-7-11-20(12-8-17)25(32)30-33/h3-8,11-12,14,16,19,33H,9-10,13H2,1-2H3,(H,30,32)/t16-/m1/s1. The van der Waals surface area contributed by atoms with E-state index >= 15 is 0 Å². The molecule has 2 aromatic heterocycles. The minimum atomic E-state index is -0.558. The van der Waals surface area contributed by atoms with Crippen molar-refractivity contribution in [2.45, 2.75) is 44.9 Å². The lowest BCUT2D eigenvalue weighted by atomic mass is 9.93. The van der Waals surface area contributed by atoms with E-state index in [9.17, 15) is 9.59 Å². The summed E-state index contributed by atoms with van der Waals surface area (Å²) in [5.41, 5.74) is 5.89. The lowest BCUT2D eigenvalue weighted by Crippen LogP contribution is -2.18. The highest BCUT2D eigenvalue weighted by Gasteiger charge is 2.33. The summed E-state index contributed by atoms with van der Waals surface area (Å²) in [5.74, 6) is -0.131. The number of benzene rings is 2. The zero-order chi connectivity index (χ0) is 24.5. The Kier molecular flexibility index (Phi) is 6.60. The molecule has 2 heterocycles. The van der Waals surface area contributed by atoms with Crippen LogP contribution in [-0.4, -0.2) is 26.9 Å². The van der Waals surface area contributed by atoms with Gasteiger partial charge in [0.25, 0.3) is 5.91 Å². The molecular formula is C27H25N3O3S2. The van der Waals surface area contributed by atoms with Crippen molar-refractivity contribution in [1.82, 2.24) is 15.4 Å². The van der Waals surface area contributed by atoms with Crippen LogP contribution in [0.15, 0.2) is 54.7 Å². The number of nitrogens with zero attached hydrogens (tertiary/aromatic N) is 2. The molecule has 1 fully saturated rings. The minimum absolute atomic E-state index is 0.0288. The molecule has 1 atom stereocenters. The topological polar surface area (TPSA) is 92.2 Å². The maximum absolute atomic E-state index is 13.3. The number of rotatable bonds is 8. The van der Waals surface area contributed by atoms with Gasteiger partial charge in [-0.2, -0.15) is 0 Å². The zero-order valence-electron chi connectivity index (χ0n) is 19.4. The van der Waals surface area contributed by atoms with Gasteiger partial charge in [0.1, 0.15) is 5.69 Å². The van der Waals surface area contributed by atoms with E-state index in [-0.39, 0.29) is 11.7 Å². The van der Waals surface area contributed by atoms with Crippen LogP contribution in [0.5, 0.6) is 0 Å². The third-order valence-corrected chi connectivity index (χ3v) is 8.63. The Labute approximate surface area is 211 Å². The predicted octanol–water partition coefficient (Wildman–Crippen LogP) is 6.61. The Bertz CT molecular complexity index is 1370. The minimum Gasteiger partial charge on any atom is -0.292 e. The van der Waals surface area contributed by atoms with Gasteiger partial charge >= 0.3 is 0 Å². The number of carbonyl (C=O) groups is 2. The second-order valence-electron chi connectivity index (χ2n) is 8.99. The molecule has 0 bridgehead atoms. The van der Waals surface area contributed by atoms with Gasteiger partial charge in [-0.05, 0) is 54.9 Å². The van der Waals surface area contributed by atoms with E-state index < -0.39 is 5.91 Å². The van der Waals surface area contributed by atoms with Crippen molar-refractivity contribution in [3.63, 3.8) is 0 Å². The molecule has 8 heteroatoms. The van der Waals surface area contributed by atoms with E-state index in [2.05, 4.69) is 36.2 Å². The Morgan fingerprint density at radius 3 is 2.43 bits per heavy atom. The number of ketones is 1. The average molecular weight is 504 g/mol. The number of hydrogen-bond acceptors (Lipinski definition) is 7. The van der Waals surface area contributed by atoms with Gasteiger partial charge < -0.3 is 0 Å². The number of carbonyl (C=O) groups excluding carboxylic acids is 2. The van der Waals surface area contributed by atoms with Gasteiger partial charge in [-0.15, -0.1) is 22.7 Å². The summed E-state index contributed by atoms with van der Waals surface area (Å²) in [6.07, 6.45) is 4.41. The summed E-state index contributed by atoms with van der Waals surface area (Å²) >= 11 is 3.20. The average Bonchev–Trinajstić information content (AvgIpc) is 3.42. The smallest absolute Gasteiger partial charge is 0.274 e. The normalized spacial score (nSPS) is 14.0. The summed E-state index contributed by atoms with van der Waals surface area (Å²) in [6, 6.07) is 15.3. The highest BCUT2D eigenvalue weighted by molar-refractivity contribution is 7.23. The lowest BCUT2D eigenvalue weighted by Gasteiger charge is -2.11. The van der Waals surface area contributed by atoms with Crippen LogP contribution >= 0.6 is 22.7 Å². The molecule has 1 aliphatic carbocycles. The first kappa shape index (κ1) is 23.5. The van der Waals surface area contributed by atoms with Crippen molar-refractivity contribution >= 4 is 34.4 Å². The van der Waals surface area contributed by atoms with Crippen molar-refractivity contribution in [3.05, 3.63) is 82.0 Å². The van der Waals surface area contributed by atoms with Crippen LogP contribution < -0.4 is 5.48 Å². The number of hydrogen-bond donors (Lipinski definition) is 2. The highest BCUT2D eigenvalue weighted by Crippen LogP contribution is 2.47. The quantitative estimate of drug-likeness (QED) is 0.160. The molecule has 1 aliphatic rings. The maximum Gasteiger partial charge on any atom is 0.274 e. The lowest BCUT2D eigenvalue weighted by molar-refractivity contribution is 0.0706. The Morgan fingerprint density at radius 1 is 1.06 bits per heavy atom.